The number of benzene rings is 2. The summed E-state index contributed by atoms with van der Waals surface area (Å²) in [6.07, 6.45) is 1.56. The molecule has 8 heteroatoms. The van der Waals surface area contributed by atoms with Crippen molar-refractivity contribution < 1.29 is 28.6 Å². The Balaban J connectivity index is 2.02. The molecule has 29 heavy (non-hydrogen) atoms. The van der Waals surface area contributed by atoms with Crippen molar-refractivity contribution in [1.29, 1.82) is 0 Å². The summed E-state index contributed by atoms with van der Waals surface area (Å²) in [6.45, 7) is 1.59. The van der Waals surface area contributed by atoms with Crippen LogP contribution in [0, 0.1) is 0 Å². The Morgan fingerprint density at radius 1 is 1.07 bits per heavy atom. The van der Waals surface area contributed by atoms with E-state index in [1.165, 1.54) is 26.4 Å². The van der Waals surface area contributed by atoms with E-state index in [4.69, 9.17) is 29.5 Å². The van der Waals surface area contributed by atoms with E-state index in [0.717, 1.165) is 18.4 Å². The second-order valence-electron chi connectivity index (χ2n) is 6.40. The smallest absolute Gasteiger partial charge is 0.281 e. The van der Waals surface area contributed by atoms with Crippen molar-refractivity contribution in [3.63, 3.8) is 0 Å². The van der Waals surface area contributed by atoms with Gasteiger partial charge in [0, 0.05) is 6.07 Å². The highest BCUT2D eigenvalue weighted by atomic mass is 16.7. The van der Waals surface area contributed by atoms with Crippen LogP contribution in [0.5, 0.6) is 28.7 Å². The number of methoxy groups -OCH3 is 3. The Morgan fingerprint density at radius 2 is 1.76 bits per heavy atom. The maximum Gasteiger partial charge on any atom is 0.281 e. The summed E-state index contributed by atoms with van der Waals surface area (Å²) in [4.78, 5) is 18.4. The van der Waals surface area contributed by atoms with Crippen molar-refractivity contribution in [3.8, 4) is 28.7 Å². The van der Waals surface area contributed by atoms with E-state index in [9.17, 15) is 4.79 Å². The van der Waals surface area contributed by atoms with Gasteiger partial charge in [0.25, 0.3) is 5.91 Å². The van der Waals surface area contributed by atoms with Crippen LogP contribution in [-0.2, 0) is 11.3 Å². The lowest BCUT2D eigenvalue weighted by Gasteiger charge is -2.21. The topological polar surface area (TPSA) is 92.5 Å². The fourth-order valence-corrected chi connectivity index (χ4v) is 3.18. The molecule has 1 amide bonds. The Hall–Kier alpha value is -2.97. The van der Waals surface area contributed by atoms with Gasteiger partial charge in [0.05, 0.1) is 40.0 Å². The first-order valence-electron chi connectivity index (χ1n) is 9.37. The first-order valence-corrected chi connectivity index (χ1v) is 9.37. The first-order chi connectivity index (χ1) is 14.1. The molecule has 2 aromatic rings. The molecule has 0 atom stereocenters. The predicted molar refractivity (Wildman–Crippen MR) is 107 cm³/mol. The van der Waals surface area contributed by atoms with Crippen LogP contribution in [0.25, 0.3) is 0 Å². The zero-order valence-corrected chi connectivity index (χ0v) is 16.9. The molecule has 2 aromatic carbocycles. The van der Waals surface area contributed by atoms with Crippen molar-refractivity contribution in [2.45, 2.75) is 12.8 Å². The monoisotopic (exact) mass is 402 g/mol. The summed E-state index contributed by atoms with van der Waals surface area (Å²) < 4.78 is 22.5. The predicted octanol–water partition coefficient (Wildman–Crippen LogP) is 2.78. The van der Waals surface area contributed by atoms with Crippen LogP contribution in [0.4, 0.5) is 0 Å². The minimum absolute atomic E-state index is 0.260. The largest absolute Gasteiger partial charge is 0.492 e. The molecule has 0 bridgehead atoms. The fraction of sp³-hybridized carbons (Fsp3) is 0.381. The van der Waals surface area contributed by atoms with Gasteiger partial charge in [-0.25, -0.2) is 5.06 Å². The van der Waals surface area contributed by atoms with Crippen molar-refractivity contribution >= 4 is 5.91 Å². The van der Waals surface area contributed by atoms with E-state index in [2.05, 4.69) is 0 Å². The third-order valence-corrected chi connectivity index (χ3v) is 4.56. The summed E-state index contributed by atoms with van der Waals surface area (Å²) in [5.41, 5.74) is 6.97. The van der Waals surface area contributed by atoms with E-state index in [1.807, 2.05) is 24.3 Å². The molecule has 0 spiro atoms. The van der Waals surface area contributed by atoms with Gasteiger partial charge in [-0.3, -0.25) is 9.63 Å². The summed E-state index contributed by atoms with van der Waals surface area (Å²) in [5, 5.41) is 1.31. The van der Waals surface area contributed by atoms with Crippen LogP contribution in [0.15, 0.2) is 30.3 Å². The Labute approximate surface area is 170 Å². The SMILES string of the molecule is COc1c(Oc2ccc(CCN)cc2)cc(C(=O)N2CCCO2)c(OC)c1OC. The molecular formula is C21H26N2O6. The Morgan fingerprint density at radius 3 is 2.31 bits per heavy atom. The van der Waals surface area contributed by atoms with Crippen LogP contribution in [0.2, 0.25) is 0 Å². The lowest BCUT2D eigenvalue weighted by molar-refractivity contribution is -0.0770. The van der Waals surface area contributed by atoms with Crippen molar-refractivity contribution in [2.24, 2.45) is 5.73 Å². The zero-order chi connectivity index (χ0) is 20.8. The molecule has 1 fully saturated rings. The number of hydrogen-bond donors (Lipinski definition) is 1. The van der Waals surface area contributed by atoms with Gasteiger partial charge in [-0.2, -0.15) is 0 Å². The maximum atomic E-state index is 13.0. The number of nitrogens with two attached hydrogens (primary N) is 1. The Bertz CT molecular complexity index is 847. The van der Waals surface area contributed by atoms with E-state index >= 15 is 0 Å². The molecule has 0 unspecified atom stereocenters. The molecule has 1 saturated heterocycles. The van der Waals surface area contributed by atoms with Crippen LogP contribution in [0.1, 0.15) is 22.3 Å². The van der Waals surface area contributed by atoms with Crippen LogP contribution in [-0.4, -0.2) is 52.0 Å². The number of hydrogen-bond acceptors (Lipinski definition) is 7. The first kappa shape index (κ1) is 20.8. The number of amides is 1. The van der Waals surface area contributed by atoms with Gasteiger partial charge in [-0.15, -0.1) is 0 Å². The van der Waals surface area contributed by atoms with Gasteiger partial charge < -0.3 is 24.7 Å². The van der Waals surface area contributed by atoms with Gasteiger partial charge in [-0.05, 0) is 37.1 Å². The molecule has 0 saturated carbocycles. The van der Waals surface area contributed by atoms with Crippen LogP contribution in [0.3, 0.4) is 0 Å². The van der Waals surface area contributed by atoms with Crippen LogP contribution < -0.4 is 24.7 Å². The Kier molecular flexibility index (Phi) is 6.79. The van der Waals surface area contributed by atoms with Crippen LogP contribution >= 0.6 is 0 Å². The lowest BCUT2D eigenvalue weighted by atomic mass is 10.1. The highest BCUT2D eigenvalue weighted by Gasteiger charge is 2.30. The third-order valence-electron chi connectivity index (χ3n) is 4.56. The summed E-state index contributed by atoms with van der Waals surface area (Å²) in [6, 6.07) is 9.15. The zero-order valence-electron chi connectivity index (χ0n) is 16.9. The number of ether oxygens (including phenoxy) is 4. The second kappa shape index (κ2) is 9.49. The second-order valence-corrected chi connectivity index (χ2v) is 6.40. The van der Waals surface area contributed by atoms with Crippen molar-refractivity contribution in [3.05, 3.63) is 41.5 Å². The molecule has 0 aromatic heterocycles. The normalized spacial score (nSPS) is 13.3. The van der Waals surface area contributed by atoms with Gasteiger partial charge >= 0.3 is 0 Å². The molecule has 2 N–H and O–H groups in total. The van der Waals surface area contributed by atoms with E-state index in [0.29, 0.717) is 36.9 Å². The van der Waals surface area contributed by atoms with E-state index in [-0.39, 0.29) is 23.0 Å². The molecule has 8 nitrogen and oxygen atoms in total. The number of hydroxylamine groups is 2. The summed E-state index contributed by atoms with van der Waals surface area (Å²) >= 11 is 0. The molecule has 1 heterocycles. The summed E-state index contributed by atoms with van der Waals surface area (Å²) in [7, 11) is 4.45. The van der Waals surface area contributed by atoms with Crippen molar-refractivity contribution in [1.82, 2.24) is 5.06 Å². The lowest BCUT2D eigenvalue weighted by Crippen LogP contribution is -2.27. The van der Waals surface area contributed by atoms with E-state index in [1.54, 1.807) is 6.07 Å². The van der Waals surface area contributed by atoms with Gasteiger partial charge in [0.1, 0.15) is 5.75 Å². The minimum atomic E-state index is -0.330. The molecular weight excluding hydrogens is 376 g/mol. The van der Waals surface area contributed by atoms with E-state index < -0.39 is 0 Å². The average Bonchev–Trinajstić information content (AvgIpc) is 3.28. The number of carbonyl (C=O) groups is 1. The molecule has 3 rings (SSSR count). The highest BCUT2D eigenvalue weighted by molar-refractivity contribution is 5.98. The quantitative estimate of drug-likeness (QED) is 0.726. The molecule has 156 valence electrons. The molecule has 0 aliphatic carbocycles. The fourth-order valence-electron chi connectivity index (χ4n) is 3.18. The van der Waals surface area contributed by atoms with Crippen molar-refractivity contribution in [2.75, 3.05) is 41.0 Å². The molecule has 1 aliphatic heterocycles. The standard InChI is InChI=1S/C21H26N2O6/c1-25-18-16(21(24)23-11-4-12-28-23)13-17(19(26-2)20(18)27-3)29-15-7-5-14(6-8-15)9-10-22/h5-8,13H,4,9-12,22H2,1-3H3. The number of rotatable bonds is 8. The van der Waals surface area contributed by atoms with Gasteiger partial charge in [0.15, 0.2) is 11.5 Å². The summed E-state index contributed by atoms with van der Waals surface area (Å²) in [5.74, 6) is 1.45. The number of carbonyl (C=O) groups excluding carboxylic acids is 1. The van der Waals surface area contributed by atoms with Gasteiger partial charge in [0.2, 0.25) is 11.5 Å². The maximum absolute atomic E-state index is 13.0. The molecule has 0 radical (unpaired) electrons. The van der Waals surface area contributed by atoms with Gasteiger partial charge in [-0.1, -0.05) is 12.1 Å². The third kappa shape index (κ3) is 4.38. The highest BCUT2D eigenvalue weighted by Crippen LogP contribution is 2.48. The molecule has 1 aliphatic rings. The average molecular weight is 402 g/mol. The minimum Gasteiger partial charge on any atom is -0.492 e. The number of nitrogens with zero attached hydrogens (tertiary/aromatic N) is 1.